The first-order chi connectivity index (χ1) is 14.3. The zero-order valence-corrected chi connectivity index (χ0v) is 17.3. The number of rotatable bonds is 6. The van der Waals surface area contributed by atoms with Crippen LogP contribution in [0.5, 0.6) is 0 Å². The number of primary amides is 1. The number of hydrogen-bond donors (Lipinski definition) is 2. The topological polar surface area (TPSA) is 116 Å². The van der Waals surface area contributed by atoms with E-state index in [1.54, 1.807) is 16.7 Å². The first-order valence-electron chi connectivity index (χ1n) is 10.0. The van der Waals surface area contributed by atoms with E-state index in [-0.39, 0.29) is 29.0 Å². The Kier molecular flexibility index (Phi) is 4.89. The van der Waals surface area contributed by atoms with E-state index in [0.29, 0.717) is 11.5 Å². The molecule has 0 radical (unpaired) electrons. The van der Waals surface area contributed by atoms with Crippen LogP contribution in [0, 0.1) is 5.41 Å². The fraction of sp³-hybridized carbons (Fsp3) is 0.409. The van der Waals surface area contributed by atoms with Gasteiger partial charge < -0.3 is 21.1 Å². The number of carbonyl (C=O) groups excluding carboxylic acids is 2. The van der Waals surface area contributed by atoms with Crippen molar-refractivity contribution >= 4 is 17.6 Å². The Balaban J connectivity index is 1.56. The number of ether oxygens (including phenoxy) is 1. The summed E-state index contributed by atoms with van der Waals surface area (Å²) in [5.41, 5.74) is 14.6. The highest BCUT2D eigenvalue weighted by Gasteiger charge is 2.54. The van der Waals surface area contributed by atoms with Crippen LogP contribution in [0.25, 0.3) is 11.3 Å². The number of carbonyl (C=O) groups is 2. The van der Waals surface area contributed by atoms with Gasteiger partial charge in [-0.1, -0.05) is 30.8 Å². The number of aromatic nitrogens is 2. The van der Waals surface area contributed by atoms with Gasteiger partial charge in [-0.25, -0.2) is 4.68 Å². The van der Waals surface area contributed by atoms with Gasteiger partial charge in [0.1, 0.15) is 17.1 Å². The predicted molar refractivity (Wildman–Crippen MR) is 113 cm³/mol. The van der Waals surface area contributed by atoms with Gasteiger partial charge >= 0.3 is 0 Å². The molecule has 1 saturated heterocycles. The normalized spacial score (nSPS) is 18.5. The molecule has 2 aromatic rings. The number of nitrogen functional groups attached to an aromatic ring is 1. The van der Waals surface area contributed by atoms with Crippen molar-refractivity contribution in [1.82, 2.24) is 14.7 Å². The van der Waals surface area contributed by atoms with Crippen LogP contribution in [0.15, 0.2) is 36.9 Å². The Bertz CT molecular complexity index is 997. The third kappa shape index (κ3) is 3.17. The molecule has 1 unspecified atom stereocenters. The maximum atomic E-state index is 12.1. The molecule has 158 valence electrons. The van der Waals surface area contributed by atoms with E-state index in [1.165, 1.54) is 6.08 Å². The number of nitrogens with two attached hydrogens (primary N) is 2. The maximum Gasteiger partial charge on any atom is 0.254 e. The van der Waals surface area contributed by atoms with E-state index < -0.39 is 5.91 Å². The minimum Gasteiger partial charge on any atom is -0.383 e. The van der Waals surface area contributed by atoms with Crippen LogP contribution in [0.1, 0.15) is 47.8 Å². The van der Waals surface area contributed by atoms with Gasteiger partial charge in [-0.2, -0.15) is 5.10 Å². The van der Waals surface area contributed by atoms with Gasteiger partial charge in [0.25, 0.3) is 5.91 Å². The molecule has 0 bridgehead atoms. The molecule has 4 N–H and O–H groups in total. The Morgan fingerprint density at radius 3 is 2.47 bits per heavy atom. The average Bonchev–Trinajstić information content (AvgIpc) is 3.02. The van der Waals surface area contributed by atoms with E-state index in [9.17, 15) is 9.59 Å². The summed E-state index contributed by atoms with van der Waals surface area (Å²) in [6.07, 6.45) is 3.04. The largest absolute Gasteiger partial charge is 0.383 e. The van der Waals surface area contributed by atoms with Crippen molar-refractivity contribution in [3.63, 3.8) is 0 Å². The number of nitrogens with zero attached hydrogens (tertiary/aromatic N) is 3. The molecule has 2 amide bonds. The first kappa shape index (κ1) is 20.2. The summed E-state index contributed by atoms with van der Waals surface area (Å²) in [5, 5.41) is 4.68. The van der Waals surface area contributed by atoms with Gasteiger partial charge in [0.2, 0.25) is 5.91 Å². The van der Waals surface area contributed by atoms with Crippen LogP contribution in [-0.4, -0.2) is 46.7 Å². The molecule has 1 spiro atoms. The van der Waals surface area contributed by atoms with E-state index in [0.717, 1.165) is 37.1 Å². The average molecular weight is 409 g/mol. The number of benzene rings is 1. The van der Waals surface area contributed by atoms with Crippen LogP contribution >= 0.6 is 0 Å². The molecule has 2 heterocycles. The van der Waals surface area contributed by atoms with Crippen LogP contribution in [-0.2, 0) is 9.53 Å². The van der Waals surface area contributed by atoms with E-state index >= 15 is 0 Å². The second kappa shape index (κ2) is 7.28. The molecular weight excluding hydrogens is 382 g/mol. The lowest BCUT2D eigenvalue weighted by molar-refractivity contribution is -0.148. The number of amides is 2. The number of anilines is 1. The van der Waals surface area contributed by atoms with Gasteiger partial charge in [0, 0.05) is 31.2 Å². The Morgan fingerprint density at radius 2 is 1.93 bits per heavy atom. The fourth-order valence-electron chi connectivity index (χ4n) is 4.64. The SMILES string of the molecule is C=CC(=O)N1CC2(CC(n3nc(-c4ccc(C(C)OC)cc4)c(C(N)=O)c3N)C2)C1. The first-order valence-corrected chi connectivity index (χ1v) is 10.0. The highest BCUT2D eigenvalue weighted by atomic mass is 16.5. The minimum absolute atomic E-state index is 0.0292. The third-order valence-corrected chi connectivity index (χ3v) is 6.42. The van der Waals surface area contributed by atoms with Crippen molar-refractivity contribution in [2.24, 2.45) is 11.1 Å². The lowest BCUT2D eigenvalue weighted by Gasteiger charge is -2.58. The predicted octanol–water partition coefficient (Wildman–Crippen LogP) is 2.29. The van der Waals surface area contributed by atoms with Gasteiger partial charge in [0.15, 0.2) is 0 Å². The summed E-state index contributed by atoms with van der Waals surface area (Å²) in [6.45, 7) is 6.95. The molecule has 8 heteroatoms. The lowest BCUT2D eigenvalue weighted by Crippen LogP contribution is -2.63. The summed E-state index contributed by atoms with van der Waals surface area (Å²) >= 11 is 0. The van der Waals surface area contributed by atoms with Crippen molar-refractivity contribution in [2.45, 2.75) is 31.9 Å². The molecule has 1 atom stereocenters. The summed E-state index contributed by atoms with van der Waals surface area (Å²) in [7, 11) is 1.66. The van der Waals surface area contributed by atoms with Gasteiger partial charge in [0.05, 0.1) is 12.1 Å². The molecular formula is C22H27N5O3. The van der Waals surface area contributed by atoms with Crippen LogP contribution < -0.4 is 11.5 Å². The molecule has 4 rings (SSSR count). The van der Waals surface area contributed by atoms with Crippen molar-refractivity contribution < 1.29 is 14.3 Å². The van der Waals surface area contributed by atoms with Crippen molar-refractivity contribution in [2.75, 3.05) is 25.9 Å². The van der Waals surface area contributed by atoms with Crippen molar-refractivity contribution in [3.8, 4) is 11.3 Å². The number of methoxy groups -OCH3 is 1. The Labute approximate surface area is 175 Å². The van der Waals surface area contributed by atoms with E-state index in [1.807, 2.05) is 31.2 Å². The smallest absolute Gasteiger partial charge is 0.254 e. The molecule has 1 aromatic carbocycles. The summed E-state index contributed by atoms with van der Waals surface area (Å²) in [4.78, 5) is 25.6. The Morgan fingerprint density at radius 1 is 1.30 bits per heavy atom. The molecule has 1 aliphatic carbocycles. The Hall–Kier alpha value is -3.13. The highest BCUT2D eigenvalue weighted by Crippen LogP contribution is 2.54. The van der Waals surface area contributed by atoms with Crippen molar-refractivity contribution in [1.29, 1.82) is 0 Å². The number of hydrogen-bond acceptors (Lipinski definition) is 5. The molecule has 30 heavy (non-hydrogen) atoms. The molecule has 8 nitrogen and oxygen atoms in total. The van der Waals surface area contributed by atoms with Crippen LogP contribution in [0.4, 0.5) is 5.82 Å². The second-order valence-corrected chi connectivity index (χ2v) is 8.38. The zero-order valence-electron chi connectivity index (χ0n) is 17.3. The molecule has 2 fully saturated rings. The molecule has 2 aliphatic rings. The van der Waals surface area contributed by atoms with Crippen LogP contribution in [0.2, 0.25) is 0 Å². The summed E-state index contributed by atoms with van der Waals surface area (Å²) in [5.74, 6) is -0.333. The van der Waals surface area contributed by atoms with Gasteiger partial charge in [-0.3, -0.25) is 9.59 Å². The van der Waals surface area contributed by atoms with Gasteiger partial charge in [-0.05, 0) is 31.4 Å². The molecule has 1 aromatic heterocycles. The maximum absolute atomic E-state index is 12.1. The van der Waals surface area contributed by atoms with E-state index in [2.05, 4.69) is 11.7 Å². The third-order valence-electron chi connectivity index (χ3n) is 6.42. The second-order valence-electron chi connectivity index (χ2n) is 8.38. The summed E-state index contributed by atoms with van der Waals surface area (Å²) < 4.78 is 7.07. The fourth-order valence-corrected chi connectivity index (χ4v) is 4.64. The highest BCUT2D eigenvalue weighted by molar-refractivity contribution is 6.03. The molecule has 1 aliphatic heterocycles. The minimum atomic E-state index is -0.594. The standard InChI is InChI=1S/C22H27N5O3/c1-4-17(28)26-11-22(12-26)9-16(10-22)27-20(23)18(21(24)29)19(25-27)15-7-5-14(6-8-15)13(2)30-3/h4-8,13,16H,1,9-12,23H2,2-3H3,(H2,24,29). The monoisotopic (exact) mass is 409 g/mol. The van der Waals surface area contributed by atoms with Gasteiger partial charge in [-0.15, -0.1) is 0 Å². The van der Waals surface area contributed by atoms with Crippen LogP contribution in [0.3, 0.4) is 0 Å². The lowest BCUT2D eigenvalue weighted by atomic mass is 9.60. The van der Waals surface area contributed by atoms with Crippen molar-refractivity contribution in [3.05, 3.63) is 48.0 Å². The van der Waals surface area contributed by atoms with E-state index in [4.69, 9.17) is 16.2 Å². The number of likely N-dealkylation sites (tertiary alicyclic amines) is 1. The quantitative estimate of drug-likeness (QED) is 0.710. The molecule has 1 saturated carbocycles. The summed E-state index contributed by atoms with van der Waals surface area (Å²) in [6, 6.07) is 7.78. The zero-order chi connectivity index (χ0) is 21.6.